The summed E-state index contributed by atoms with van der Waals surface area (Å²) in [5.41, 5.74) is 6.04. The molecule has 0 aliphatic heterocycles. The largest absolute Gasteiger partial charge is 0.338 e. The maximum atomic E-state index is 12.4. The number of nitrogens with two attached hydrogens (primary N) is 1. The van der Waals surface area contributed by atoms with E-state index in [9.17, 15) is 9.59 Å². The van der Waals surface area contributed by atoms with E-state index >= 15 is 0 Å². The van der Waals surface area contributed by atoms with Gasteiger partial charge in [-0.05, 0) is 31.4 Å². The molecule has 1 aliphatic rings. The fraction of sp³-hybridized carbons (Fsp3) is 0.571. The summed E-state index contributed by atoms with van der Waals surface area (Å²) in [6, 6.07) is 3.28. The first-order valence-corrected chi connectivity index (χ1v) is 6.68. The van der Waals surface area contributed by atoms with Crippen LogP contribution in [-0.2, 0) is 7.05 Å². The van der Waals surface area contributed by atoms with Gasteiger partial charge in [-0.25, -0.2) is 0 Å². The minimum absolute atomic E-state index is 0.0944. The second-order valence-electron chi connectivity index (χ2n) is 5.27. The fourth-order valence-corrected chi connectivity index (χ4v) is 2.84. The maximum absolute atomic E-state index is 12.4. The minimum Gasteiger partial charge on any atom is -0.338 e. The monoisotopic (exact) mass is 263 g/mol. The number of pyridine rings is 1. The lowest BCUT2D eigenvalue weighted by atomic mass is 10.0. The highest BCUT2D eigenvalue weighted by molar-refractivity contribution is 5.94. The molecule has 2 unspecified atom stereocenters. The van der Waals surface area contributed by atoms with Crippen LogP contribution in [-0.4, -0.2) is 35.0 Å². The van der Waals surface area contributed by atoms with Gasteiger partial charge in [0.05, 0.1) is 0 Å². The van der Waals surface area contributed by atoms with Crippen LogP contribution >= 0.6 is 0 Å². The van der Waals surface area contributed by atoms with Crippen molar-refractivity contribution >= 4 is 5.91 Å². The van der Waals surface area contributed by atoms with Crippen LogP contribution in [0.3, 0.4) is 0 Å². The molecule has 104 valence electrons. The number of hydrogen-bond donors (Lipinski definition) is 1. The lowest BCUT2D eigenvalue weighted by Crippen LogP contribution is -2.41. The van der Waals surface area contributed by atoms with Crippen molar-refractivity contribution in [3.63, 3.8) is 0 Å². The molecular weight excluding hydrogens is 242 g/mol. The Morgan fingerprint density at radius 3 is 2.89 bits per heavy atom. The molecule has 0 aromatic carbocycles. The van der Waals surface area contributed by atoms with Crippen LogP contribution in [0.4, 0.5) is 0 Å². The summed E-state index contributed by atoms with van der Waals surface area (Å²) in [7, 11) is 3.47. The number of nitrogens with zero attached hydrogens (tertiary/aromatic N) is 2. The number of aromatic nitrogens is 1. The van der Waals surface area contributed by atoms with Gasteiger partial charge in [0.1, 0.15) is 0 Å². The summed E-state index contributed by atoms with van der Waals surface area (Å²) in [5.74, 6) is 0.281. The van der Waals surface area contributed by atoms with E-state index in [0.717, 1.165) is 19.3 Å². The summed E-state index contributed by atoms with van der Waals surface area (Å²) in [6.07, 6.45) is 4.81. The lowest BCUT2D eigenvalue weighted by Gasteiger charge is -2.29. The smallest absolute Gasteiger partial charge is 0.254 e. The van der Waals surface area contributed by atoms with E-state index in [1.165, 1.54) is 10.6 Å². The molecule has 5 nitrogen and oxygen atoms in total. The molecule has 2 atom stereocenters. The van der Waals surface area contributed by atoms with Gasteiger partial charge in [0.25, 0.3) is 11.5 Å². The molecule has 0 bridgehead atoms. The molecule has 5 heteroatoms. The van der Waals surface area contributed by atoms with Gasteiger partial charge in [0.15, 0.2) is 0 Å². The van der Waals surface area contributed by atoms with E-state index in [1.807, 2.05) is 0 Å². The van der Waals surface area contributed by atoms with Gasteiger partial charge < -0.3 is 15.2 Å². The third kappa shape index (κ3) is 2.71. The van der Waals surface area contributed by atoms with Crippen LogP contribution in [0.25, 0.3) is 0 Å². The summed E-state index contributed by atoms with van der Waals surface area (Å²) in [6.45, 7) is 0.610. The molecule has 1 aromatic rings. The van der Waals surface area contributed by atoms with Crippen LogP contribution in [0.2, 0.25) is 0 Å². The van der Waals surface area contributed by atoms with E-state index < -0.39 is 0 Å². The van der Waals surface area contributed by atoms with Crippen molar-refractivity contribution in [1.29, 1.82) is 0 Å². The lowest BCUT2D eigenvalue weighted by molar-refractivity contribution is 0.0699. The second kappa shape index (κ2) is 5.57. The van der Waals surface area contributed by atoms with Gasteiger partial charge in [0, 0.05) is 38.0 Å². The molecule has 2 rings (SSSR count). The van der Waals surface area contributed by atoms with Crippen LogP contribution in [0, 0.1) is 5.92 Å². The van der Waals surface area contributed by atoms with Crippen LogP contribution in [0.15, 0.2) is 23.1 Å². The molecule has 1 heterocycles. The summed E-state index contributed by atoms with van der Waals surface area (Å²) < 4.78 is 1.45. The van der Waals surface area contributed by atoms with Gasteiger partial charge in [-0.1, -0.05) is 6.42 Å². The predicted octanol–water partition coefficient (Wildman–Crippen LogP) is 0.585. The van der Waals surface area contributed by atoms with E-state index in [2.05, 4.69) is 0 Å². The highest BCUT2D eigenvalue weighted by Gasteiger charge is 2.32. The first kappa shape index (κ1) is 13.8. The Morgan fingerprint density at radius 1 is 1.53 bits per heavy atom. The maximum Gasteiger partial charge on any atom is 0.254 e. The number of rotatable bonds is 3. The van der Waals surface area contributed by atoms with Crippen molar-refractivity contribution in [2.45, 2.75) is 25.3 Å². The fourth-order valence-electron chi connectivity index (χ4n) is 2.84. The Hall–Kier alpha value is -1.62. The summed E-state index contributed by atoms with van der Waals surface area (Å²) in [4.78, 5) is 25.7. The number of hydrogen-bond acceptors (Lipinski definition) is 3. The Morgan fingerprint density at radius 2 is 2.26 bits per heavy atom. The summed E-state index contributed by atoms with van der Waals surface area (Å²) >= 11 is 0. The van der Waals surface area contributed by atoms with Crippen LogP contribution in [0.5, 0.6) is 0 Å². The quantitative estimate of drug-likeness (QED) is 0.867. The standard InChI is InChI=1S/C14H21N3O2/c1-16-7-6-10(8-13(16)18)14(19)17(2)12-5-3-4-11(12)9-15/h6-8,11-12H,3-5,9,15H2,1-2H3. The highest BCUT2D eigenvalue weighted by atomic mass is 16.2. The minimum atomic E-state index is -0.166. The Balaban J connectivity index is 2.18. The molecule has 0 spiro atoms. The molecule has 1 saturated carbocycles. The van der Waals surface area contributed by atoms with Crippen molar-refractivity contribution in [3.05, 3.63) is 34.2 Å². The van der Waals surface area contributed by atoms with Crippen LogP contribution in [0.1, 0.15) is 29.6 Å². The van der Waals surface area contributed by atoms with E-state index in [0.29, 0.717) is 18.0 Å². The van der Waals surface area contributed by atoms with Crippen molar-refractivity contribution in [2.75, 3.05) is 13.6 Å². The van der Waals surface area contributed by atoms with Crippen molar-refractivity contribution in [2.24, 2.45) is 18.7 Å². The summed E-state index contributed by atoms with van der Waals surface area (Å²) in [5, 5.41) is 0. The van der Waals surface area contributed by atoms with Gasteiger partial charge >= 0.3 is 0 Å². The Labute approximate surface area is 113 Å². The van der Waals surface area contributed by atoms with Gasteiger partial charge in [0.2, 0.25) is 0 Å². The number of carbonyl (C=O) groups is 1. The average molecular weight is 263 g/mol. The van der Waals surface area contributed by atoms with Gasteiger partial charge in [-0.3, -0.25) is 9.59 Å². The molecule has 1 amide bonds. The molecule has 19 heavy (non-hydrogen) atoms. The average Bonchev–Trinajstić information content (AvgIpc) is 2.88. The number of carbonyl (C=O) groups excluding carboxylic acids is 1. The zero-order valence-electron chi connectivity index (χ0n) is 11.5. The van der Waals surface area contributed by atoms with E-state index in [-0.39, 0.29) is 17.5 Å². The zero-order valence-corrected chi connectivity index (χ0v) is 11.5. The molecule has 0 radical (unpaired) electrons. The predicted molar refractivity (Wildman–Crippen MR) is 74.0 cm³/mol. The first-order valence-electron chi connectivity index (χ1n) is 6.68. The SMILES string of the molecule is CN(C(=O)c1ccn(C)c(=O)c1)C1CCCC1CN. The third-order valence-corrected chi connectivity index (χ3v) is 4.09. The molecule has 1 fully saturated rings. The topological polar surface area (TPSA) is 68.3 Å². The van der Waals surface area contributed by atoms with Gasteiger partial charge in [-0.15, -0.1) is 0 Å². The Kier molecular flexibility index (Phi) is 4.04. The first-order chi connectivity index (χ1) is 9.04. The van der Waals surface area contributed by atoms with Crippen LogP contribution < -0.4 is 11.3 Å². The second-order valence-corrected chi connectivity index (χ2v) is 5.27. The highest BCUT2D eigenvalue weighted by Crippen LogP contribution is 2.29. The molecule has 1 aliphatic carbocycles. The molecular formula is C14H21N3O2. The van der Waals surface area contributed by atoms with Gasteiger partial charge in [-0.2, -0.15) is 0 Å². The van der Waals surface area contributed by atoms with Crippen molar-refractivity contribution < 1.29 is 4.79 Å². The third-order valence-electron chi connectivity index (χ3n) is 4.09. The Bertz CT molecular complexity index is 524. The van der Waals surface area contributed by atoms with Crippen molar-refractivity contribution in [1.82, 2.24) is 9.47 Å². The zero-order chi connectivity index (χ0) is 14.0. The van der Waals surface area contributed by atoms with E-state index in [1.54, 1.807) is 31.3 Å². The molecule has 0 saturated heterocycles. The molecule has 2 N–H and O–H groups in total. The molecule has 1 aromatic heterocycles. The normalized spacial score (nSPS) is 22.5. The van der Waals surface area contributed by atoms with Crippen molar-refractivity contribution in [3.8, 4) is 0 Å². The van der Waals surface area contributed by atoms with E-state index in [4.69, 9.17) is 5.73 Å². The number of amides is 1. The number of aryl methyl sites for hydroxylation is 1.